The van der Waals surface area contributed by atoms with Gasteiger partial charge in [0, 0.05) is 25.7 Å². The van der Waals surface area contributed by atoms with Crippen molar-refractivity contribution in [3.05, 3.63) is 66.1 Å². The Morgan fingerprint density at radius 2 is 1.91 bits per heavy atom. The highest BCUT2D eigenvalue weighted by Gasteiger charge is 2.27. The molecule has 0 aromatic carbocycles. The molecule has 0 bridgehead atoms. The predicted octanol–water partition coefficient (Wildman–Crippen LogP) is 4.44. The molecule has 5 heterocycles. The van der Waals surface area contributed by atoms with E-state index in [0.29, 0.717) is 46.2 Å². The van der Waals surface area contributed by atoms with Gasteiger partial charge in [-0.05, 0) is 75.9 Å². The predicted molar refractivity (Wildman–Crippen MR) is 164 cm³/mol. The smallest absolute Gasteiger partial charge is 0.255 e. The first-order chi connectivity index (χ1) is 21.0. The van der Waals surface area contributed by atoms with Crippen LogP contribution in [0.15, 0.2) is 55.0 Å². The number of ketones is 1. The Morgan fingerprint density at radius 3 is 2.57 bits per heavy atom. The summed E-state index contributed by atoms with van der Waals surface area (Å²) >= 11 is 0. The summed E-state index contributed by atoms with van der Waals surface area (Å²) in [5.41, 5.74) is 1.90. The molecule has 12 heteroatoms. The van der Waals surface area contributed by atoms with Gasteiger partial charge in [-0.2, -0.15) is 10.4 Å². The van der Waals surface area contributed by atoms with Crippen molar-refractivity contribution in [3.63, 3.8) is 0 Å². The molecule has 1 saturated heterocycles. The third kappa shape index (κ3) is 7.01. The van der Waals surface area contributed by atoms with Crippen molar-refractivity contribution in [2.45, 2.75) is 51.8 Å². The zero-order valence-electron chi connectivity index (χ0n) is 24.9. The zero-order chi connectivity index (χ0) is 31.4. The monoisotopic (exact) mass is 598 g/mol. The van der Waals surface area contributed by atoms with Crippen LogP contribution in [0.2, 0.25) is 0 Å². The van der Waals surface area contributed by atoms with Crippen LogP contribution in [-0.2, 0) is 4.79 Å². The van der Waals surface area contributed by atoms with Crippen molar-refractivity contribution in [1.29, 1.82) is 5.26 Å². The lowest BCUT2D eigenvalue weighted by atomic mass is 9.92. The molecule has 1 aliphatic heterocycles. The number of carbonyl (C=O) groups is 2. The van der Waals surface area contributed by atoms with Gasteiger partial charge in [-0.3, -0.25) is 9.78 Å². The van der Waals surface area contributed by atoms with Crippen molar-refractivity contribution in [2.75, 3.05) is 29.9 Å². The van der Waals surface area contributed by atoms with E-state index in [1.54, 1.807) is 29.8 Å². The summed E-state index contributed by atoms with van der Waals surface area (Å²) in [6.07, 6.45) is 5.38. The molecule has 44 heavy (non-hydrogen) atoms. The van der Waals surface area contributed by atoms with Crippen molar-refractivity contribution in [3.8, 4) is 17.5 Å². The molecule has 11 nitrogen and oxygen atoms in total. The first-order valence-corrected chi connectivity index (χ1v) is 14.5. The summed E-state index contributed by atoms with van der Waals surface area (Å²) in [6, 6.07) is 12.9. The summed E-state index contributed by atoms with van der Waals surface area (Å²) in [5.74, 6) is 0.898. The number of fused-ring (bicyclic) bond motifs is 1. The SMILES string of the molecule is CC(=O)CC1CCN(c2ccc(Nc3cc(-c4ccc5cc(C#N)cnn45)ncc3C(=O)NC[C@@H](F)C(C)(C)O)cn2)CC1. The first-order valence-electron chi connectivity index (χ1n) is 14.5. The van der Waals surface area contributed by atoms with E-state index in [4.69, 9.17) is 0 Å². The Balaban J connectivity index is 1.40. The standard InChI is InChI=1S/C32H35FN8O3/c1-20(42)12-21-8-10-40(11-9-21)30-7-4-23(17-36-30)39-26-14-27(28-6-5-24-13-22(15-34)16-38-41(24)28)35-18-25(26)31(43)37-19-29(33)32(2,3)44/h4-7,13-14,16-18,21,29,44H,8-12,19H2,1-3H3,(H,35,39)(H,37,43)/t29-/m1/s1. The van der Waals surface area contributed by atoms with Crippen LogP contribution >= 0.6 is 0 Å². The molecule has 1 atom stereocenters. The first kappa shape index (κ1) is 30.6. The fraction of sp³-hybridized carbons (Fsp3) is 0.375. The molecule has 228 valence electrons. The van der Waals surface area contributed by atoms with E-state index in [2.05, 4.69) is 36.7 Å². The average Bonchev–Trinajstić information content (AvgIpc) is 3.43. The Morgan fingerprint density at radius 1 is 1.14 bits per heavy atom. The van der Waals surface area contributed by atoms with Crippen LogP contribution in [0.5, 0.6) is 0 Å². The molecule has 0 spiro atoms. The fourth-order valence-electron chi connectivity index (χ4n) is 5.24. The number of halogens is 1. The van der Waals surface area contributed by atoms with Gasteiger partial charge in [0.2, 0.25) is 0 Å². The second-order valence-electron chi connectivity index (χ2n) is 11.7. The lowest BCUT2D eigenvalue weighted by molar-refractivity contribution is -0.118. The number of carbonyl (C=O) groups excluding carboxylic acids is 2. The molecule has 4 aromatic heterocycles. The second kappa shape index (κ2) is 12.8. The van der Waals surface area contributed by atoms with Crippen LogP contribution in [0.4, 0.5) is 21.6 Å². The Hall–Kier alpha value is -4.89. The summed E-state index contributed by atoms with van der Waals surface area (Å²) in [6.45, 7) is 5.59. The van der Waals surface area contributed by atoms with Gasteiger partial charge >= 0.3 is 0 Å². The van der Waals surface area contributed by atoms with E-state index < -0.39 is 17.7 Å². The highest BCUT2D eigenvalue weighted by molar-refractivity contribution is 6.00. The molecular weight excluding hydrogens is 563 g/mol. The second-order valence-corrected chi connectivity index (χ2v) is 11.7. The number of aromatic nitrogens is 4. The Kier molecular flexibility index (Phi) is 8.87. The maximum absolute atomic E-state index is 14.4. The van der Waals surface area contributed by atoms with E-state index >= 15 is 0 Å². The zero-order valence-corrected chi connectivity index (χ0v) is 24.9. The largest absolute Gasteiger partial charge is 0.387 e. The third-order valence-electron chi connectivity index (χ3n) is 7.79. The number of rotatable bonds is 10. The van der Waals surface area contributed by atoms with E-state index in [9.17, 15) is 24.3 Å². The summed E-state index contributed by atoms with van der Waals surface area (Å²) < 4.78 is 16.1. The van der Waals surface area contributed by atoms with Gasteiger partial charge < -0.3 is 25.4 Å². The lowest BCUT2D eigenvalue weighted by Gasteiger charge is -2.32. The minimum absolute atomic E-state index is 0.175. The van der Waals surface area contributed by atoms with Crippen LogP contribution < -0.4 is 15.5 Å². The molecule has 0 radical (unpaired) electrons. The summed E-state index contributed by atoms with van der Waals surface area (Å²) in [7, 11) is 0. The highest BCUT2D eigenvalue weighted by Crippen LogP contribution is 2.29. The van der Waals surface area contributed by atoms with E-state index in [1.165, 1.54) is 26.2 Å². The number of hydrogen-bond donors (Lipinski definition) is 3. The highest BCUT2D eigenvalue weighted by atomic mass is 19.1. The number of nitriles is 1. The molecule has 1 amide bonds. The lowest BCUT2D eigenvalue weighted by Crippen LogP contribution is -2.42. The van der Waals surface area contributed by atoms with Crippen LogP contribution in [0, 0.1) is 17.2 Å². The van der Waals surface area contributed by atoms with Gasteiger partial charge in [-0.15, -0.1) is 0 Å². The van der Waals surface area contributed by atoms with Gasteiger partial charge in [0.25, 0.3) is 5.91 Å². The number of Topliss-reactive ketones (excluding diaryl/α,β-unsaturated/α-hetero) is 1. The summed E-state index contributed by atoms with van der Waals surface area (Å²) in [4.78, 5) is 36.0. The Bertz CT molecular complexity index is 1700. The molecule has 3 N–H and O–H groups in total. The number of nitrogens with zero attached hydrogens (tertiary/aromatic N) is 6. The van der Waals surface area contributed by atoms with E-state index in [-0.39, 0.29) is 17.9 Å². The number of nitrogens with one attached hydrogen (secondary N) is 2. The number of aliphatic hydroxyl groups is 1. The normalized spacial score (nSPS) is 14.7. The molecule has 4 aromatic rings. The third-order valence-corrected chi connectivity index (χ3v) is 7.79. The van der Waals surface area contributed by atoms with Gasteiger partial charge in [0.1, 0.15) is 23.8 Å². The number of anilines is 3. The number of piperidine rings is 1. The molecule has 1 aliphatic rings. The fourth-order valence-corrected chi connectivity index (χ4v) is 5.24. The number of pyridine rings is 2. The Labute approximate surface area is 254 Å². The topological polar surface area (TPSA) is 149 Å². The molecule has 0 saturated carbocycles. The quantitative estimate of drug-likeness (QED) is 0.241. The number of hydrogen-bond acceptors (Lipinski definition) is 9. The van der Waals surface area contributed by atoms with Crippen LogP contribution in [0.25, 0.3) is 16.9 Å². The van der Waals surface area contributed by atoms with Crippen LogP contribution in [-0.4, -0.2) is 67.8 Å². The van der Waals surface area contributed by atoms with Crippen LogP contribution in [0.1, 0.15) is 56.0 Å². The van der Waals surface area contributed by atoms with E-state index in [0.717, 1.165) is 31.7 Å². The van der Waals surface area contributed by atoms with E-state index in [1.807, 2.05) is 24.3 Å². The number of alkyl halides is 1. The van der Waals surface area contributed by atoms with Crippen molar-refractivity contribution < 1.29 is 19.1 Å². The average molecular weight is 599 g/mol. The number of amides is 1. The minimum Gasteiger partial charge on any atom is -0.387 e. The van der Waals surface area contributed by atoms with Gasteiger partial charge in [-0.25, -0.2) is 13.9 Å². The molecule has 5 rings (SSSR count). The molecule has 1 fully saturated rings. The van der Waals surface area contributed by atoms with Crippen LogP contribution in [0.3, 0.4) is 0 Å². The van der Waals surface area contributed by atoms with Crippen molar-refractivity contribution >= 4 is 34.4 Å². The maximum atomic E-state index is 14.4. The summed E-state index contributed by atoms with van der Waals surface area (Å²) in [5, 5.41) is 29.3. The molecular formula is C32H35FN8O3. The van der Waals surface area contributed by atoms with Crippen molar-refractivity contribution in [1.82, 2.24) is 24.9 Å². The maximum Gasteiger partial charge on any atom is 0.255 e. The van der Waals surface area contributed by atoms with Gasteiger partial charge in [0.05, 0.1) is 63.9 Å². The molecule has 0 unspecified atom stereocenters. The van der Waals surface area contributed by atoms with Crippen molar-refractivity contribution in [2.24, 2.45) is 5.92 Å². The van der Waals surface area contributed by atoms with Gasteiger partial charge in [-0.1, -0.05) is 0 Å². The molecule has 0 aliphatic carbocycles. The van der Waals surface area contributed by atoms with Gasteiger partial charge in [0.15, 0.2) is 0 Å². The minimum atomic E-state index is -1.67.